The SMILES string of the molecule is CC(CC(O)c1ccccc1)NC(=O)CSc1ccncc1. The van der Waals surface area contributed by atoms with E-state index in [1.165, 1.54) is 11.8 Å². The van der Waals surface area contributed by atoms with Gasteiger partial charge in [-0.15, -0.1) is 11.8 Å². The lowest BCUT2D eigenvalue weighted by Gasteiger charge is -2.18. The van der Waals surface area contributed by atoms with Gasteiger partial charge in [-0.2, -0.15) is 0 Å². The number of amides is 1. The average Bonchev–Trinajstić information content (AvgIpc) is 2.54. The van der Waals surface area contributed by atoms with Gasteiger partial charge >= 0.3 is 0 Å². The number of aliphatic hydroxyl groups is 1. The second kappa shape index (κ2) is 8.56. The Balaban J connectivity index is 1.74. The van der Waals surface area contributed by atoms with Crippen LogP contribution in [0.25, 0.3) is 0 Å². The van der Waals surface area contributed by atoms with Crippen molar-refractivity contribution in [1.29, 1.82) is 0 Å². The maximum Gasteiger partial charge on any atom is 0.230 e. The highest BCUT2D eigenvalue weighted by Crippen LogP contribution is 2.18. The zero-order valence-corrected chi connectivity index (χ0v) is 13.3. The van der Waals surface area contributed by atoms with Gasteiger partial charge in [0.1, 0.15) is 0 Å². The van der Waals surface area contributed by atoms with Gasteiger partial charge in [0.05, 0.1) is 11.9 Å². The summed E-state index contributed by atoms with van der Waals surface area (Å²) in [5.41, 5.74) is 0.870. The van der Waals surface area contributed by atoms with Gasteiger partial charge in [-0.1, -0.05) is 30.3 Å². The van der Waals surface area contributed by atoms with Crippen LogP contribution >= 0.6 is 11.8 Å². The lowest BCUT2D eigenvalue weighted by molar-refractivity contribution is -0.119. The predicted octanol–water partition coefficient (Wildman–Crippen LogP) is 2.80. The molecule has 0 radical (unpaired) electrons. The summed E-state index contributed by atoms with van der Waals surface area (Å²) >= 11 is 1.47. The van der Waals surface area contributed by atoms with E-state index in [4.69, 9.17) is 0 Å². The van der Waals surface area contributed by atoms with Crippen molar-refractivity contribution in [2.24, 2.45) is 0 Å². The Morgan fingerprint density at radius 3 is 2.59 bits per heavy atom. The molecular formula is C17H20N2O2S. The van der Waals surface area contributed by atoms with Gasteiger partial charge < -0.3 is 10.4 Å². The molecule has 0 aliphatic heterocycles. The third-order valence-corrected chi connectivity index (χ3v) is 4.20. The molecule has 22 heavy (non-hydrogen) atoms. The Hall–Kier alpha value is -1.85. The first-order valence-corrected chi connectivity index (χ1v) is 8.19. The highest BCUT2D eigenvalue weighted by atomic mass is 32.2. The van der Waals surface area contributed by atoms with Gasteiger partial charge in [-0.3, -0.25) is 9.78 Å². The van der Waals surface area contributed by atoms with Crippen LogP contribution in [0.5, 0.6) is 0 Å². The second-order valence-corrected chi connectivity index (χ2v) is 6.15. The molecule has 5 heteroatoms. The molecule has 0 saturated carbocycles. The Labute approximate surface area is 135 Å². The number of hydrogen-bond donors (Lipinski definition) is 2. The molecule has 4 nitrogen and oxygen atoms in total. The molecule has 0 aliphatic rings. The summed E-state index contributed by atoms with van der Waals surface area (Å²) in [6.45, 7) is 1.90. The minimum Gasteiger partial charge on any atom is -0.388 e. The van der Waals surface area contributed by atoms with E-state index in [0.29, 0.717) is 12.2 Å². The Kier molecular flexibility index (Phi) is 6.43. The molecule has 2 atom stereocenters. The third kappa shape index (κ3) is 5.50. The van der Waals surface area contributed by atoms with E-state index in [0.717, 1.165) is 10.5 Å². The molecular weight excluding hydrogens is 296 g/mol. The summed E-state index contributed by atoms with van der Waals surface area (Å²) in [5, 5.41) is 13.1. The molecule has 1 aromatic carbocycles. The fraction of sp³-hybridized carbons (Fsp3) is 0.294. The maximum atomic E-state index is 11.9. The fourth-order valence-corrected chi connectivity index (χ4v) is 2.80. The Morgan fingerprint density at radius 2 is 1.91 bits per heavy atom. The van der Waals surface area contributed by atoms with Crippen LogP contribution in [0, 0.1) is 0 Å². The minimum absolute atomic E-state index is 0.0328. The third-order valence-electron chi connectivity index (χ3n) is 3.19. The van der Waals surface area contributed by atoms with Crippen molar-refractivity contribution in [3.05, 3.63) is 60.4 Å². The topological polar surface area (TPSA) is 62.2 Å². The number of carbonyl (C=O) groups is 1. The number of benzene rings is 1. The smallest absolute Gasteiger partial charge is 0.230 e. The van der Waals surface area contributed by atoms with E-state index >= 15 is 0 Å². The zero-order chi connectivity index (χ0) is 15.8. The number of aromatic nitrogens is 1. The molecule has 2 rings (SSSR count). The monoisotopic (exact) mass is 316 g/mol. The van der Waals surface area contributed by atoms with Crippen LogP contribution in [0.4, 0.5) is 0 Å². The highest BCUT2D eigenvalue weighted by Gasteiger charge is 2.14. The molecule has 1 heterocycles. The van der Waals surface area contributed by atoms with Crippen LogP contribution in [0.2, 0.25) is 0 Å². The standard InChI is InChI=1S/C17H20N2O2S/c1-13(11-16(20)14-5-3-2-4-6-14)19-17(21)12-22-15-7-9-18-10-8-15/h2-10,13,16,20H,11-12H2,1H3,(H,19,21). The molecule has 2 aromatic rings. The van der Waals surface area contributed by atoms with E-state index in [1.807, 2.05) is 49.4 Å². The van der Waals surface area contributed by atoms with Gasteiger partial charge in [0, 0.05) is 23.3 Å². The van der Waals surface area contributed by atoms with Crippen molar-refractivity contribution in [2.45, 2.75) is 30.4 Å². The molecule has 0 fully saturated rings. The van der Waals surface area contributed by atoms with Crippen molar-refractivity contribution >= 4 is 17.7 Å². The van der Waals surface area contributed by atoms with E-state index < -0.39 is 6.10 Å². The Bertz CT molecular complexity index is 578. The van der Waals surface area contributed by atoms with Crippen LogP contribution < -0.4 is 5.32 Å². The van der Waals surface area contributed by atoms with Crippen LogP contribution in [0.15, 0.2) is 59.8 Å². The summed E-state index contributed by atoms with van der Waals surface area (Å²) in [6, 6.07) is 13.1. The molecule has 1 aromatic heterocycles. The number of aliphatic hydroxyl groups excluding tert-OH is 1. The van der Waals surface area contributed by atoms with Crippen molar-refractivity contribution in [3.63, 3.8) is 0 Å². The van der Waals surface area contributed by atoms with Gasteiger partial charge in [0.15, 0.2) is 0 Å². The van der Waals surface area contributed by atoms with Gasteiger partial charge in [0.25, 0.3) is 0 Å². The molecule has 1 amide bonds. The first-order valence-electron chi connectivity index (χ1n) is 7.20. The molecule has 2 N–H and O–H groups in total. The first kappa shape index (κ1) is 16.5. The number of thioether (sulfide) groups is 1. The summed E-state index contributed by atoms with van der Waals surface area (Å²) < 4.78 is 0. The molecule has 0 aliphatic carbocycles. The number of nitrogens with one attached hydrogen (secondary N) is 1. The number of nitrogens with zero attached hydrogens (tertiary/aromatic N) is 1. The highest BCUT2D eigenvalue weighted by molar-refractivity contribution is 8.00. The maximum absolute atomic E-state index is 11.9. The number of carbonyl (C=O) groups excluding carboxylic acids is 1. The van der Waals surface area contributed by atoms with Gasteiger partial charge in [-0.25, -0.2) is 0 Å². The fourth-order valence-electron chi connectivity index (χ4n) is 2.10. The molecule has 116 valence electrons. The number of pyridine rings is 1. The number of rotatable bonds is 7. The van der Waals surface area contributed by atoms with Crippen LogP contribution in [-0.2, 0) is 4.79 Å². The minimum atomic E-state index is -0.565. The first-order chi connectivity index (χ1) is 10.6. The summed E-state index contributed by atoms with van der Waals surface area (Å²) in [5.74, 6) is 0.324. The normalized spacial score (nSPS) is 13.4. The lowest BCUT2D eigenvalue weighted by Crippen LogP contribution is -2.34. The largest absolute Gasteiger partial charge is 0.388 e. The molecule has 2 unspecified atom stereocenters. The van der Waals surface area contributed by atoms with Crippen molar-refractivity contribution < 1.29 is 9.90 Å². The van der Waals surface area contributed by atoms with E-state index in [2.05, 4.69) is 10.3 Å². The van der Waals surface area contributed by atoms with Crippen molar-refractivity contribution in [3.8, 4) is 0 Å². The summed E-state index contributed by atoms with van der Waals surface area (Å²) in [4.78, 5) is 16.9. The van der Waals surface area contributed by atoms with Crippen molar-refractivity contribution in [1.82, 2.24) is 10.3 Å². The van der Waals surface area contributed by atoms with E-state index in [-0.39, 0.29) is 11.9 Å². The van der Waals surface area contributed by atoms with E-state index in [1.54, 1.807) is 12.4 Å². The zero-order valence-electron chi connectivity index (χ0n) is 12.5. The summed E-state index contributed by atoms with van der Waals surface area (Å²) in [6.07, 6.45) is 3.35. The molecule has 0 bridgehead atoms. The van der Waals surface area contributed by atoms with Crippen LogP contribution in [0.1, 0.15) is 25.0 Å². The van der Waals surface area contributed by atoms with Gasteiger partial charge in [0.2, 0.25) is 5.91 Å². The second-order valence-electron chi connectivity index (χ2n) is 5.10. The Morgan fingerprint density at radius 1 is 1.23 bits per heavy atom. The molecule has 0 spiro atoms. The summed E-state index contributed by atoms with van der Waals surface area (Å²) in [7, 11) is 0. The van der Waals surface area contributed by atoms with E-state index in [9.17, 15) is 9.90 Å². The number of hydrogen-bond acceptors (Lipinski definition) is 4. The molecule has 0 saturated heterocycles. The predicted molar refractivity (Wildman–Crippen MR) is 88.6 cm³/mol. The quantitative estimate of drug-likeness (QED) is 0.771. The van der Waals surface area contributed by atoms with Crippen LogP contribution in [0.3, 0.4) is 0 Å². The average molecular weight is 316 g/mol. The van der Waals surface area contributed by atoms with Gasteiger partial charge in [-0.05, 0) is 31.0 Å². The lowest BCUT2D eigenvalue weighted by atomic mass is 10.0. The van der Waals surface area contributed by atoms with Crippen LogP contribution in [-0.4, -0.2) is 27.8 Å². The van der Waals surface area contributed by atoms with Crippen molar-refractivity contribution in [2.75, 3.05) is 5.75 Å².